The fourth-order valence-corrected chi connectivity index (χ4v) is 1.58. The van der Waals surface area contributed by atoms with Gasteiger partial charge in [-0.25, -0.2) is 0 Å². The molecule has 3 nitrogen and oxygen atoms in total. The van der Waals surface area contributed by atoms with Gasteiger partial charge in [0.05, 0.1) is 6.04 Å². The van der Waals surface area contributed by atoms with Gasteiger partial charge in [-0.1, -0.05) is 32.0 Å². The quantitative estimate of drug-likeness (QED) is 0.821. The van der Waals surface area contributed by atoms with Crippen LogP contribution < -0.4 is 11.1 Å². The summed E-state index contributed by atoms with van der Waals surface area (Å²) in [7, 11) is 0. The molecule has 3 heteroatoms. The van der Waals surface area contributed by atoms with Gasteiger partial charge in [-0.05, 0) is 30.9 Å². The monoisotopic (exact) mass is 220 g/mol. The Morgan fingerprint density at radius 2 is 1.94 bits per heavy atom. The number of hydrogen-bond donors (Lipinski definition) is 2. The van der Waals surface area contributed by atoms with Crippen LogP contribution in [0.5, 0.6) is 0 Å². The van der Waals surface area contributed by atoms with Crippen molar-refractivity contribution in [3.63, 3.8) is 0 Å². The number of anilines is 1. The number of benzene rings is 1. The third-order valence-corrected chi connectivity index (χ3v) is 2.59. The summed E-state index contributed by atoms with van der Waals surface area (Å²) in [6, 6.07) is 5.54. The van der Waals surface area contributed by atoms with Gasteiger partial charge in [0, 0.05) is 5.69 Å². The molecule has 0 saturated carbocycles. The van der Waals surface area contributed by atoms with E-state index in [0.29, 0.717) is 5.92 Å². The van der Waals surface area contributed by atoms with Crippen LogP contribution in [0.3, 0.4) is 0 Å². The van der Waals surface area contributed by atoms with Crippen molar-refractivity contribution >= 4 is 11.6 Å². The molecular weight excluding hydrogens is 200 g/mol. The first-order chi connectivity index (χ1) is 7.43. The highest BCUT2D eigenvalue weighted by Gasteiger charge is 2.13. The molecule has 3 N–H and O–H groups in total. The molecule has 16 heavy (non-hydrogen) atoms. The molecule has 0 aliphatic carbocycles. The molecule has 0 aromatic heterocycles. The average molecular weight is 220 g/mol. The number of carbonyl (C=O) groups is 1. The van der Waals surface area contributed by atoms with E-state index in [2.05, 4.69) is 19.2 Å². The van der Waals surface area contributed by atoms with Crippen molar-refractivity contribution in [3.8, 4) is 0 Å². The normalized spacial score (nSPS) is 12.6. The topological polar surface area (TPSA) is 55.1 Å². The summed E-state index contributed by atoms with van der Waals surface area (Å²) in [5.41, 5.74) is 8.67. The van der Waals surface area contributed by atoms with Crippen LogP contribution in [0.25, 0.3) is 0 Å². The molecule has 0 radical (unpaired) electrons. The zero-order valence-electron chi connectivity index (χ0n) is 10.4. The number of hydrogen-bond acceptors (Lipinski definition) is 2. The summed E-state index contributed by atoms with van der Waals surface area (Å²) >= 11 is 0. The molecule has 1 amide bonds. The third-order valence-electron chi connectivity index (χ3n) is 2.59. The van der Waals surface area contributed by atoms with E-state index >= 15 is 0 Å². The zero-order valence-corrected chi connectivity index (χ0v) is 10.4. The Morgan fingerprint density at radius 3 is 2.44 bits per heavy atom. The highest BCUT2D eigenvalue weighted by molar-refractivity contribution is 5.95. The lowest BCUT2D eigenvalue weighted by molar-refractivity contribution is -0.117. The molecule has 0 fully saturated rings. The minimum Gasteiger partial charge on any atom is -0.324 e. The number of para-hydroxylation sites is 1. The van der Waals surface area contributed by atoms with Gasteiger partial charge in [-0.15, -0.1) is 0 Å². The van der Waals surface area contributed by atoms with E-state index in [-0.39, 0.29) is 5.91 Å². The van der Waals surface area contributed by atoms with E-state index in [9.17, 15) is 4.79 Å². The smallest absolute Gasteiger partial charge is 0.241 e. The van der Waals surface area contributed by atoms with Crippen molar-refractivity contribution in [2.45, 2.75) is 39.7 Å². The number of amides is 1. The SMILES string of the molecule is Cc1cccc(C(C)C)c1NC(=O)[C@H](C)N. The molecule has 0 heterocycles. The van der Waals surface area contributed by atoms with Crippen LogP contribution in [-0.4, -0.2) is 11.9 Å². The number of carbonyl (C=O) groups excluding carboxylic acids is 1. The van der Waals surface area contributed by atoms with Gasteiger partial charge in [0.25, 0.3) is 0 Å². The summed E-state index contributed by atoms with van der Waals surface area (Å²) in [4.78, 5) is 11.6. The van der Waals surface area contributed by atoms with Crippen LogP contribution in [0.1, 0.15) is 37.8 Å². The molecule has 0 spiro atoms. The van der Waals surface area contributed by atoms with Gasteiger partial charge < -0.3 is 11.1 Å². The molecule has 0 saturated heterocycles. The lowest BCUT2D eigenvalue weighted by Gasteiger charge is -2.17. The van der Waals surface area contributed by atoms with Crippen LogP contribution in [0, 0.1) is 6.92 Å². The number of nitrogens with two attached hydrogens (primary N) is 1. The maximum atomic E-state index is 11.6. The van der Waals surface area contributed by atoms with Crippen molar-refractivity contribution in [3.05, 3.63) is 29.3 Å². The second kappa shape index (κ2) is 5.12. The third kappa shape index (κ3) is 2.83. The van der Waals surface area contributed by atoms with Crippen molar-refractivity contribution in [1.82, 2.24) is 0 Å². The predicted octanol–water partition coefficient (Wildman–Crippen LogP) is 2.40. The number of aryl methyl sites for hydroxylation is 1. The Labute approximate surface area is 97.0 Å². The summed E-state index contributed by atoms with van der Waals surface area (Å²) in [6.07, 6.45) is 0. The van der Waals surface area contributed by atoms with Crippen LogP contribution in [-0.2, 0) is 4.79 Å². The van der Waals surface area contributed by atoms with E-state index in [1.807, 2.05) is 25.1 Å². The summed E-state index contributed by atoms with van der Waals surface area (Å²) < 4.78 is 0. The highest BCUT2D eigenvalue weighted by atomic mass is 16.2. The molecule has 1 aromatic carbocycles. The molecule has 1 rings (SSSR count). The maximum Gasteiger partial charge on any atom is 0.241 e. The Balaban J connectivity index is 3.06. The van der Waals surface area contributed by atoms with Gasteiger partial charge in [0.1, 0.15) is 0 Å². The molecule has 0 aliphatic rings. The fraction of sp³-hybridized carbons (Fsp3) is 0.462. The number of nitrogens with one attached hydrogen (secondary N) is 1. The van der Waals surface area contributed by atoms with E-state index in [1.54, 1.807) is 6.92 Å². The Hall–Kier alpha value is -1.35. The van der Waals surface area contributed by atoms with Gasteiger partial charge in [0.2, 0.25) is 5.91 Å². The van der Waals surface area contributed by atoms with E-state index in [4.69, 9.17) is 5.73 Å². The van der Waals surface area contributed by atoms with E-state index in [0.717, 1.165) is 16.8 Å². The van der Waals surface area contributed by atoms with Crippen LogP contribution >= 0.6 is 0 Å². The van der Waals surface area contributed by atoms with Gasteiger partial charge in [-0.2, -0.15) is 0 Å². The largest absolute Gasteiger partial charge is 0.324 e. The van der Waals surface area contributed by atoms with Gasteiger partial charge in [-0.3, -0.25) is 4.79 Å². The fourth-order valence-electron chi connectivity index (χ4n) is 1.58. The minimum atomic E-state index is -0.486. The second-order valence-corrected chi connectivity index (χ2v) is 4.47. The molecule has 1 atom stereocenters. The van der Waals surface area contributed by atoms with Crippen LogP contribution in [0.15, 0.2) is 18.2 Å². The minimum absolute atomic E-state index is 0.142. The van der Waals surface area contributed by atoms with Crippen molar-refractivity contribution in [2.24, 2.45) is 5.73 Å². The average Bonchev–Trinajstić information content (AvgIpc) is 2.20. The Bertz CT molecular complexity index is 384. The first-order valence-electron chi connectivity index (χ1n) is 5.59. The zero-order chi connectivity index (χ0) is 12.3. The Morgan fingerprint density at radius 1 is 1.31 bits per heavy atom. The summed E-state index contributed by atoms with van der Waals surface area (Å²) in [6.45, 7) is 7.89. The second-order valence-electron chi connectivity index (χ2n) is 4.47. The highest BCUT2D eigenvalue weighted by Crippen LogP contribution is 2.27. The van der Waals surface area contributed by atoms with E-state index < -0.39 is 6.04 Å². The van der Waals surface area contributed by atoms with Crippen molar-refractivity contribution in [2.75, 3.05) is 5.32 Å². The summed E-state index contributed by atoms with van der Waals surface area (Å²) in [5.74, 6) is 0.236. The van der Waals surface area contributed by atoms with E-state index in [1.165, 1.54) is 0 Å². The van der Waals surface area contributed by atoms with Gasteiger partial charge in [0.15, 0.2) is 0 Å². The van der Waals surface area contributed by atoms with Crippen LogP contribution in [0.2, 0.25) is 0 Å². The number of rotatable bonds is 3. The molecule has 0 aliphatic heterocycles. The first kappa shape index (κ1) is 12.7. The Kier molecular flexibility index (Phi) is 4.07. The van der Waals surface area contributed by atoms with Crippen molar-refractivity contribution in [1.29, 1.82) is 0 Å². The lowest BCUT2D eigenvalue weighted by atomic mass is 9.98. The first-order valence-corrected chi connectivity index (χ1v) is 5.59. The molecule has 1 aromatic rings. The molecule has 88 valence electrons. The molecular formula is C13H20N2O. The predicted molar refractivity (Wildman–Crippen MR) is 67.5 cm³/mol. The van der Waals surface area contributed by atoms with Crippen LogP contribution in [0.4, 0.5) is 5.69 Å². The lowest BCUT2D eigenvalue weighted by Crippen LogP contribution is -2.33. The maximum absolute atomic E-state index is 11.6. The van der Waals surface area contributed by atoms with Gasteiger partial charge >= 0.3 is 0 Å². The standard InChI is InChI=1S/C13H20N2O/c1-8(2)11-7-5-6-9(3)12(11)15-13(16)10(4)14/h5-8,10H,14H2,1-4H3,(H,15,16)/t10-/m0/s1. The summed E-state index contributed by atoms with van der Waals surface area (Å²) in [5, 5.41) is 2.90. The molecule has 0 unspecified atom stereocenters. The van der Waals surface area contributed by atoms with Crippen molar-refractivity contribution < 1.29 is 4.79 Å². The molecule has 0 bridgehead atoms.